The van der Waals surface area contributed by atoms with Crippen molar-refractivity contribution in [2.75, 3.05) is 26.2 Å². The molecular weight excluding hydrogens is 989 g/mol. The Labute approximate surface area is 439 Å². The van der Waals surface area contributed by atoms with E-state index in [1.54, 1.807) is 9.80 Å². The van der Waals surface area contributed by atoms with Crippen molar-refractivity contribution in [3.8, 4) is 46.0 Å². The number of rotatable bonds is 9. The van der Waals surface area contributed by atoms with Gasteiger partial charge in [-0.15, -0.1) is 10.2 Å². The van der Waals surface area contributed by atoms with Crippen LogP contribution in [-0.2, 0) is 9.47 Å². The number of piperidine rings is 2. The van der Waals surface area contributed by atoms with Crippen LogP contribution in [0.4, 0.5) is 9.59 Å². The lowest BCUT2D eigenvalue weighted by atomic mass is 9.96. The van der Waals surface area contributed by atoms with Gasteiger partial charge < -0.3 is 28.7 Å². The number of hydrogen-bond acceptors (Lipinski definition) is 12. The molecule has 3 aliphatic rings. The van der Waals surface area contributed by atoms with Crippen molar-refractivity contribution >= 4 is 28.1 Å². The molecule has 73 heavy (non-hydrogen) atoms. The Kier molecular flexibility index (Phi) is 17.3. The van der Waals surface area contributed by atoms with E-state index in [1.807, 2.05) is 126 Å². The zero-order valence-electron chi connectivity index (χ0n) is 43.4. The van der Waals surface area contributed by atoms with Gasteiger partial charge in [-0.1, -0.05) is 64.8 Å². The average Bonchev–Trinajstić information content (AvgIpc) is 4.09. The Morgan fingerprint density at radius 2 is 1.00 bits per heavy atom. The largest absolute Gasteiger partial charge is 0.444 e. The minimum absolute atomic E-state index is 0. The molecule has 0 unspecified atom stereocenters. The number of carbonyl (C=O) groups is 2. The maximum Gasteiger partial charge on any atom is 0.410 e. The van der Waals surface area contributed by atoms with Crippen molar-refractivity contribution in [2.24, 2.45) is 0 Å². The number of carbonyl (C=O) groups excluding carboxylic acids is 2. The smallest absolute Gasteiger partial charge is 0.410 e. The van der Waals surface area contributed by atoms with Crippen LogP contribution in [0.5, 0.6) is 23.3 Å². The lowest BCUT2D eigenvalue weighted by molar-refractivity contribution is 0.0174. The Morgan fingerprint density at radius 3 is 1.42 bits per heavy atom. The van der Waals surface area contributed by atoms with Crippen molar-refractivity contribution in [3.05, 3.63) is 105 Å². The molecule has 9 rings (SSSR count). The van der Waals surface area contributed by atoms with Crippen LogP contribution in [-0.4, -0.2) is 99.3 Å². The fraction of sp³-hybridized carbons (Fsp3) is 0.500. The summed E-state index contributed by atoms with van der Waals surface area (Å²) >= 11 is 3.51. The highest BCUT2D eigenvalue weighted by molar-refractivity contribution is 9.10. The Bertz CT molecular complexity index is 2830. The van der Waals surface area contributed by atoms with Gasteiger partial charge in [0.15, 0.2) is 0 Å². The van der Waals surface area contributed by atoms with E-state index in [-0.39, 0.29) is 31.7 Å². The quantitative estimate of drug-likeness (QED) is 0.135. The summed E-state index contributed by atoms with van der Waals surface area (Å²) in [6.07, 6.45) is 7.67. The summed E-state index contributed by atoms with van der Waals surface area (Å²) in [7, 11) is 0. The van der Waals surface area contributed by atoms with E-state index < -0.39 is 11.2 Å². The number of aromatic nitrogens is 8. The third-order valence-corrected chi connectivity index (χ3v) is 13.4. The lowest BCUT2D eigenvalue weighted by Gasteiger charge is -2.33. The van der Waals surface area contributed by atoms with E-state index in [2.05, 4.69) is 61.7 Å². The minimum atomic E-state index is -0.503. The van der Waals surface area contributed by atoms with Gasteiger partial charge in [0.05, 0.1) is 34.9 Å². The molecular formula is C56H73BrN10O6. The average molecular weight is 1060 g/mol. The summed E-state index contributed by atoms with van der Waals surface area (Å²) in [4.78, 5) is 38.1. The van der Waals surface area contributed by atoms with E-state index in [0.29, 0.717) is 43.9 Å². The van der Waals surface area contributed by atoms with Gasteiger partial charge in [-0.2, -0.15) is 0 Å². The first-order valence-electron chi connectivity index (χ1n) is 25.2. The number of halogens is 1. The Morgan fingerprint density at radius 1 is 0.575 bits per heavy atom. The lowest BCUT2D eigenvalue weighted by Crippen LogP contribution is -2.42. The first kappa shape index (κ1) is 54.4. The number of pyridine rings is 2. The van der Waals surface area contributed by atoms with Crippen molar-refractivity contribution in [1.29, 1.82) is 0 Å². The first-order valence-corrected chi connectivity index (χ1v) is 26.0. The molecule has 2 aromatic carbocycles. The van der Waals surface area contributed by atoms with Crippen LogP contribution < -0.4 is 9.47 Å². The molecule has 16 nitrogen and oxygen atoms in total. The number of hydrogen-bond donors (Lipinski definition) is 0. The van der Waals surface area contributed by atoms with Gasteiger partial charge in [0, 0.05) is 42.8 Å². The molecule has 0 spiro atoms. The molecule has 1 saturated carbocycles. The number of ether oxygens (including phenoxy) is 4. The van der Waals surface area contributed by atoms with Crippen LogP contribution in [0.15, 0.2) is 77.3 Å². The highest BCUT2D eigenvalue weighted by Crippen LogP contribution is 2.38. The standard InChI is InChI=1S/C30H39N5O3.C25H30BrN5O3.CH4/c1-20-17-23(22-9-6-7-10-22)19-25(18-20)37-27-12-8-11-26(31-27)28-21(2)32-33-35(28)24-13-15-34(16-14-24)29(36)38-30(3,4)5;1-16-13-18(26)15-20(14-16)33-22-8-6-7-21(27-22)23-17(2)28-29-31(23)19-9-11-30(12-10-19)24(32)34-25(3,4)5;/h8,11-12,17-19,22,24H,6-7,9-10,13-16H2,1-5H3;6-8,13-15,19H,9-12H2,1-5H3;1H4. The molecule has 2 saturated heterocycles. The second-order valence-electron chi connectivity index (χ2n) is 21.3. The second kappa shape index (κ2) is 23.2. The maximum absolute atomic E-state index is 12.5. The fourth-order valence-corrected chi connectivity index (χ4v) is 10.2. The molecule has 0 radical (unpaired) electrons. The van der Waals surface area contributed by atoms with Gasteiger partial charge in [-0.3, -0.25) is 0 Å². The van der Waals surface area contributed by atoms with Crippen LogP contribution in [0.2, 0.25) is 0 Å². The van der Waals surface area contributed by atoms with Gasteiger partial charge in [0.1, 0.15) is 34.1 Å². The summed E-state index contributed by atoms with van der Waals surface area (Å²) < 4.78 is 28.3. The summed E-state index contributed by atoms with van der Waals surface area (Å²) in [6, 6.07) is 24.2. The van der Waals surface area contributed by atoms with Gasteiger partial charge in [0.25, 0.3) is 0 Å². The number of benzene rings is 2. The van der Waals surface area contributed by atoms with E-state index >= 15 is 0 Å². The zero-order valence-corrected chi connectivity index (χ0v) is 45.0. The molecule has 6 aromatic rings. The van der Waals surface area contributed by atoms with Crippen molar-refractivity contribution in [2.45, 2.75) is 157 Å². The Hall–Kier alpha value is -6.36. The summed E-state index contributed by atoms with van der Waals surface area (Å²) in [5, 5.41) is 17.6. The van der Waals surface area contributed by atoms with Crippen LogP contribution in [0.25, 0.3) is 22.8 Å². The number of likely N-dealkylation sites (tertiary alicyclic amines) is 2. The van der Waals surface area contributed by atoms with Crippen LogP contribution in [0.1, 0.15) is 146 Å². The number of nitrogens with zero attached hydrogens (tertiary/aromatic N) is 10. The summed E-state index contributed by atoms with van der Waals surface area (Å²) in [6.45, 7) is 21.8. The summed E-state index contributed by atoms with van der Waals surface area (Å²) in [5.74, 6) is 3.23. The number of aryl methyl sites for hydroxylation is 4. The van der Waals surface area contributed by atoms with Gasteiger partial charge >= 0.3 is 12.2 Å². The van der Waals surface area contributed by atoms with Gasteiger partial charge in [-0.25, -0.2) is 28.9 Å². The highest BCUT2D eigenvalue weighted by Gasteiger charge is 2.32. The van der Waals surface area contributed by atoms with Crippen LogP contribution in [0.3, 0.4) is 0 Å². The molecule has 4 aromatic heterocycles. The Balaban J connectivity index is 0.000000212. The van der Waals surface area contributed by atoms with Crippen LogP contribution >= 0.6 is 15.9 Å². The molecule has 2 aliphatic heterocycles. The predicted octanol–water partition coefficient (Wildman–Crippen LogP) is 13.7. The molecule has 1 aliphatic carbocycles. The molecule has 0 atom stereocenters. The molecule has 3 fully saturated rings. The first-order chi connectivity index (χ1) is 34.2. The topological polar surface area (TPSA) is 165 Å². The molecule has 0 N–H and O–H groups in total. The second-order valence-corrected chi connectivity index (χ2v) is 22.2. The van der Waals surface area contributed by atoms with E-state index in [1.165, 1.54) is 36.8 Å². The SMILES string of the molecule is C.Cc1cc(Br)cc(Oc2cccc(-c3c(C)nnn3C3CCN(C(=O)OC(C)(C)C)CC3)n2)c1.Cc1cc(Oc2cccc(-c3c(C)nnn3C3CCN(C(=O)OC(C)(C)C)CC3)n2)cc(C2CCCC2)c1. The third-order valence-electron chi connectivity index (χ3n) is 12.9. The minimum Gasteiger partial charge on any atom is -0.444 e. The van der Waals surface area contributed by atoms with E-state index in [4.69, 9.17) is 28.9 Å². The molecule has 0 bridgehead atoms. The number of amides is 2. The summed E-state index contributed by atoms with van der Waals surface area (Å²) in [5.41, 5.74) is 7.58. The van der Waals surface area contributed by atoms with Gasteiger partial charge in [0.2, 0.25) is 11.8 Å². The predicted molar refractivity (Wildman–Crippen MR) is 286 cm³/mol. The molecule has 2 amide bonds. The normalized spacial score (nSPS) is 15.8. The molecule has 6 heterocycles. The van der Waals surface area contributed by atoms with Crippen LogP contribution in [0, 0.1) is 27.7 Å². The highest BCUT2D eigenvalue weighted by atomic mass is 79.9. The van der Waals surface area contributed by atoms with E-state index in [0.717, 1.165) is 81.4 Å². The van der Waals surface area contributed by atoms with Crippen molar-refractivity contribution in [3.63, 3.8) is 0 Å². The zero-order chi connectivity index (χ0) is 51.3. The molecule has 17 heteroatoms. The monoisotopic (exact) mass is 1060 g/mol. The van der Waals surface area contributed by atoms with E-state index in [9.17, 15) is 9.59 Å². The van der Waals surface area contributed by atoms with Crippen molar-refractivity contribution < 1.29 is 28.5 Å². The van der Waals surface area contributed by atoms with Gasteiger partial charge in [-0.05, 0) is 173 Å². The third kappa shape index (κ3) is 14.2. The maximum atomic E-state index is 12.5. The fourth-order valence-electron chi connectivity index (χ4n) is 9.64. The molecule has 390 valence electrons. The van der Waals surface area contributed by atoms with Crippen molar-refractivity contribution in [1.82, 2.24) is 49.8 Å².